The zero-order valence-corrected chi connectivity index (χ0v) is 12.6. The van der Waals surface area contributed by atoms with Gasteiger partial charge in [0.15, 0.2) is 0 Å². The zero-order chi connectivity index (χ0) is 14.8. The molecule has 0 amide bonds. The van der Waals surface area contributed by atoms with Crippen molar-refractivity contribution in [3.8, 4) is 5.75 Å². The Hall–Kier alpha value is -1.87. The molecule has 3 heteroatoms. The lowest BCUT2D eigenvalue weighted by molar-refractivity contribution is 0.242. The molecule has 1 aliphatic carbocycles. The fourth-order valence-corrected chi connectivity index (χ4v) is 3.09. The van der Waals surface area contributed by atoms with Crippen LogP contribution in [0.4, 0.5) is 0 Å². The molecule has 2 unspecified atom stereocenters. The van der Waals surface area contributed by atoms with Crippen LogP contribution in [0.5, 0.6) is 5.75 Å². The number of pyridine rings is 1. The Morgan fingerprint density at radius 3 is 2.90 bits per heavy atom. The van der Waals surface area contributed by atoms with E-state index < -0.39 is 0 Å². The maximum absolute atomic E-state index is 6.52. The molecule has 21 heavy (non-hydrogen) atoms. The highest BCUT2D eigenvalue weighted by molar-refractivity contribution is 5.36. The molecule has 0 fully saturated rings. The summed E-state index contributed by atoms with van der Waals surface area (Å²) in [6, 6.07) is 12.3. The Balaban J connectivity index is 1.84. The van der Waals surface area contributed by atoms with Gasteiger partial charge in [-0.1, -0.05) is 18.2 Å². The summed E-state index contributed by atoms with van der Waals surface area (Å²) in [5, 5.41) is 0. The highest BCUT2D eigenvalue weighted by Gasteiger charge is 2.29. The summed E-state index contributed by atoms with van der Waals surface area (Å²) in [7, 11) is 0. The maximum Gasteiger partial charge on any atom is 0.120 e. The van der Waals surface area contributed by atoms with Crippen LogP contribution in [0.1, 0.15) is 49.0 Å². The Morgan fingerprint density at radius 2 is 2.10 bits per heavy atom. The number of aryl methyl sites for hydroxylation is 1. The number of aromatic nitrogens is 1. The molecule has 0 radical (unpaired) electrons. The predicted molar refractivity (Wildman–Crippen MR) is 84.4 cm³/mol. The van der Waals surface area contributed by atoms with Crippen molar-refractivity contribution >= 4 is 0 Å². The second-order valence-corrected chi connectivity index (χ2v) is 5.96. The monoisotopic (exact) mass is 282 g/mol. The Kier molecular flexibility index (Phi) is 3.93. The number of nitrogens with two attached hydrogens (primary N) is 1. The van der Waals surface area contributed by atoms with Gasteiger partial charge in [-0.25, -0.2) is 0 Å². The minimum atomic E-state index is -0.0307. The molecule has 3 nitrogen and oxygen atoms in total. The van der Waals surface area contributed by atoms with Crippen LogP contribution in [0.2, 0.25) is 0 Å². The van der Waals surface area contributed by atoms with Crippen LogP contribution in [0.3, 0.4) is 0 Å². The SMILES string of the molecule is CC(C)Oc1cccc(C(N)C2CCc3cccnc32)c1. The summed E-state index contributed by atoms with van der Waals surface area (Å²) in [6.45, 7) is 4.06. The third-order valence-corrected chi connectivity index (χ3v) is 4.05. The molecule has 1 heterocycles. The number of fused-ring (bicyclic) bond motifs is 1. The fraction of sp³-hybridized carbons (Fsp3) is 0.389. The number of rotatable bonds is 4. The van der Waals surface area contributed by atoms with E-state index in [1.807, 2.05) is 38.2 Å². The Bertz CT molecular complexity index is 624. The standard InChI is InChI=1S/C18H22N2O/c1-12(2)21-15-7-3-5-14(11-15)17(19)16-9-8-13-6-4-10-20-18(13)16/h3-7,10-12,16-17H,8-9,19H2,1-2H3. The van der Waals surface area contributed by atoms with Gasteiger partial charge >= 0.3 is 0 Å². The van der Waals surface area contributed by atoms with Crippen molar-refractivity contribution in [1.82, 2.24) is 4.98 Å². The summed E-state index contributed by atoms with van der Waals surface area (Å²) < 4.78 is 5.77. The quantitative estimate of drug-likeness (QED) is 0.932. The summed E-state index contributed by atoms with van der Waals surface area (Å²) in [6.07, 6.45) is 4.18. The lowest BCUT2D eigenvalue weighted by Gasteiger charge is -2.21. The molecule has 1 aliphatic rings. The van der Waals surface area contributed by atoms with Crippen LogP contribution in [-0.2, 0) is 6.42 Å². The van der Waals surface area contributed by atoms with Crippen molar-refractivity contribution in [2.75, 3.05) is 0 Å². The zero-order valence-electron chi connectivity index (χ0n) is 12.6. The van der Waals surface area contributed by atoms with Crippen molar-refractivity contribution in [1.29, 1.82) is 0 Å². The average molecular weight is 282 g/mol. The molecule has 3 rings (SSSR count). The molecule has 0 spiro atoms. The van der Waals surface area contributed by atoms with Gasteiger partial charge in [-0.3, -0.25) is 4.98 Å². The minimum absolute atomic E-state index is 0.0307. The van der Waals surface area contributed by atoms with Gasteiger partial charge < -0.3 is 10.5 Å². The first kappa shape index (κ1) is 14.1. The van der Waals surface area contributed by atoms with E-state index in [0.29, 0.717) is 5.92 Å². The van der Waals surface area contributed by atoms with E-state index in [2.05, 4.69) is 23.2 Å². The van der Waals surface area contributed by atoms with E-state index in [-0.39, 0.29) is 12.1 Å². The molecule has 2 N–H and O–H groups in total. The van der Waals surface area contributed by atoms with E-state index in [4.69, 9.17) is 10.5 Å². The molecule has 2 aromatic rings. The fourth-order valence-electron chi connectivity index (χ4n) is 3.09. The Labute approximate surface area is 126 Å². The summed E-state index contributed by atoms with van der Waals surface area (Å²) in [5.74, 6) is 1.19. The topological polar surface area (TPSA) is 48.1 Å². The van der Waals surface area contributed by atoms with Gasteiger partial charge in [-0.05, 0) is 56.0 Å². The molecular formula is C18H22N2O. The van der Waals surface area contributed by atoms with Crippen molar-refractivity contribution < 1.29 is 4.74 Å². The van der Waals surface area contributed by atoms with Crippen LogP contribution in [0, 0.1) is 0 Å². The van der Waals surface area contributed by atoms with Crippen molar-refractivity contribution in [3.05, 3.63) is 59.4 Å². The second-order valence-electron chi connectivity index (χ2n) is 5.96. The molecule has 0 bridgehead atoms. The molecule has 0 saturated carbocycles. The molecule has 1 aromatic heterocycles. The van der Waals surface area contributed by atoms with E-state index >= 15 is 0 Å². The predicted octanol–water partition coefficient (Wildman–Crippen LogP) is 3.60. The smallest absolute Gasteiger partial charge is 0.120 e. The largest absolute Gasteiger partial charge is 0.491 e. The van der Waals surface area contributed by atoms with E-state index in [1.165, 1.54) is 11.3 Å². The number of ether oxygens (including phenoxy) is 1. The molecule has 2 atom stereocenters. The third-order valence-electron chi connectivity index (χ3n) is 4.05. The molecule has 1 aromatic carbocycles. The molecule has 110 valence electrons. The average Bonchev–Trinajstić information content (AvgIpc) is 2.90. The lowest BCUT2D eigenvalue weighted by Crippen LogP contribution is -2.19. The number of hydrogen-bond donors (Lipinski definition) is 1. The maximum atomic E-state index is 6.52. The van der Waals surface area contributed by atoms with Gasteiger partial charge in [-0.2, -0.15) is 0 Å². The van der Waals surface area contributed by atoms with Crippen LogP contribution >= 0.6 is 0 Å². The molecular weight excluding hydrogens is 260 g/mol. The van der Waals surface area contributed by atoms with Gasteiger partial charge in [0.25, 0.3) is 0 Å². The first-order valence-corrected chi connectivity index (χ1v) is 7.61. The van der Waals surface area contributed by atoms with Crippen LogP contribution < -0.4 is 10.5 Å². The molecule has 0 saturated heterocycles. The van der Waals surface area contributed by atoms with Gasteiger partial charge in [-0.15, -0.1) is 0 Å². The highest BCUT2D eigenvalue weighted by Crippen LogP contribution is 2.39. The highest BCUT2D eigenvalue weighted by atomic mass is 16.5. The van der Waals surface area contributed by atoms with Crippen LogP contribution in [0.15, 0.2) is 42.6 Å². The summed E-state index contributed by atoms with van der Waals surface area (Å²) in [4.78, 5) is 4.55. The number of benzene rings is 1. The Morgan fingerprint density at radius 1 is 1.24 bits per heavy atom. The second kappa shape index (κ2) is 5.86. The first-order valence-electron chi connectivity index (χ1n) is 7.61. The summed E-state index contributed by atoms with van der Waals surface area (Å²) in [5.41, 5.74) is 10.1. The van der Waals surface area contributed by atoms with Gasteiger partial charge in [0.1, 0.15) is 5.75 Å². The van der Waals surface area contributed by atoms with Crippen LogP contribution in [0.25, 0.3) is 0 Å². The normalized spacial score (nSPS) is 18.6. The number of nitrogens with zero attached hydrogens (tertiary/aromatic N) is 1. The first-order chi connectivity index (χ1) is 10.1. The van der Waals surface area contributed by atoms with Crippen LogP contribution in [-0.4, -0.2) is 11.1 Å². The van der Waals surface area contributed by atoms with Crippen molar-refractivity contribution in [3.63, 3.8) is 0 Å². The summed E-state index contributed by atoms with van der Waals surface area (Å²) >= 11 is 0. The van der Waals surface area contributed by atoms with Gasteiger partial charge in [0, 0.05) is 23.9 Å². The molecule has 0 aliphatic heterocycles. The van der Waals surface area contributed by atoms with Gasteiger partial charge in [0.2, 0.25) is 0 Å². The third kappa shape index (κ3) is 2.93. The number of hydrogen-bond acceptors (Lipinski definition) is 3. The minimum Gasteiger partial charge on any atom is -0.491 e. The van der Waals surface area contributed by atoms with E-state index in [9.17, 15) is 0 Å². The van der Waals surface area contributed by atoms with Gasteiger partial charge in [0.05, 0.1) is 6.10 Å². The van der Waals surface area contributed by atoms with E-state index in [0.717, 1.165) is 24.2 Å². The lowest BCUT2D eigenvalue weighted by atomic mass is 9.91. The van der Waals surface area contributed by atoms with E-state index in [1.54, 1.807) is 0 Å². The van der Waals surface area contributed by atoms with Crippen molar-refractivity contribution in [2.24, 2.45) is 5.73 Å². The van der Waals surface area contributed by atoms with Crippen molar-refractivity contribution in [2.45, 2.75) is 44.8 Å².